The summed E-state index contributed by atoms with van der Waals surface area (Å²) < 4.78 is 24.9. The highest BCUT2D eigenvalue weighted by Crippen LogP contribution is 2.30. The summed E-state index contributed by atoms with van der Waals surface area (Å²) in [7, 11) is 0. The predicted molar refractivity (Wildman–Crippen MR) is 126 cm³/mol. The number of nitrogens with zero attached hydrogens (tertiary/aromatic N) is 1. The zero-order valence-corrected chi connectivity index (χ0v) is 18.8. The van der Waals surface area contributed by atoms with Crippen LogP contribution in [0.2, 0.25) is 0 Å². The van der Waals surface area contributed by atoms with E-state index in [0.29, 0.717) is 34.9 Å². The number of halogens is 1. The van der Waals surface area contributed by atoms with Gasteiger partial charge in [-0.15, -0.1) is 0 Å². The molecule has 0 aliphatic rings. The number of hydrogen-bond donors (Lipinski definition) is 1. The molecule has 0 spiro atoms. The Kier molecular flexibility index (Phi) is 7.82. The Bertz CT molecular complexity index is 1230. The molecule has 1 N–H and O–H groups in total. The summed E-state index contributed by atoms with van der Waals surface area (Å²) in [5.74, 6) is 0.131. The Morgan fingerprint density at radius 2 is 1.85 bits per heavy atom. The Balaban J connectivity index is 1.80. The molecular weight excluding hydrogens is 419 g/mol. The van der Waals surface area contributed by atoms with E-state index < -0.39 is 5.91 Å². The van der Waals surface area contributed by atoms with Crippen molar-refractivity contribution in [3.8, 4) is 17.6 Å². The summed E-state index contributed by atoms with van der Waals surface area (Å²) in [6.45, 7) is 6.30. The molecule has 0 atom stereocenters. The fourth-order valence-electron chi connectivity index (χ4n) is 3.18. The quantitative estimate of drug-likeness (QED) is 0.343. The van der Waals surface area contributed by atoms with Crippen LogP contribution in [0.15, 0.2) is 66.2 Å². The van der Waals surface area contributed by atoms with E-state index >= 15 is 0 Å². The normalized spacial score (nSPS) is 10.9. The topological polar surface area (TPSA) is 71.3 Å². The third-order valence-corrected chi connectivity index (χ3v) is 5.08. The molecule has 0 saturated carbocycles. The van der Waals surface area contributed by atoms with Gasteiger partial charge in [-0.3, -0.25) is 4.79 Å². The highest BCUT2D eigenvalue weighted by molar-refractivity contribution is 6.10. The van der Waals surface area contributed by atoms with E-state index in [9.17, 15) is 14.4 Å². The van der Waals surface area contributed by atoms with Crippen LogP contribution in [0.4, 0.5) is 10.1 Å². The summed E-state index contributed by atoms with van der Waals surface area (Å²) in [6.07, 6.45) is 1.50. The molecule has 0 saturated heterocycles. The van der Waals surface area contributed by atoms with Crippen LogP contribution in [-0.4, -0.2) is 12.5 Å². The second kappa shape index (κ2) is 11.0. The number of ether oxygens (including phenoxy) is 2. The van der Waals surface area contributed by atoms with Gasteiger partial charge in [-0.2, -0.15) is 5.26 Å². The highest BCUT2D eigenvalue weighted by atomic mass is 19.1. The predicted octanol–water partition coefficient (Wildman–Crippen LogP) is 5.97. The Morgan fingerprint density at radius 3 is 2.58 bits per heavy atom. The zero-order valence-electron chi connectivity index (χ0n) is 18.8. The van der Waals surface area contributed by atoms with Crippen molar-refractivity contribution >= 4 is 17.7 Å². The number of benzene rings is 3. The van der Waals surface area contributed by atoms with E-state index in [4.69, 9.17) is 9.47 Å². The maximum atomic E-state index is 13.4. The van der Waals surface area contributed by atoms with Crippen LogP contribution >= 0.6 is 0 Å². The van der Waals surface area contributed by atoms with Crippen molar-refractivity contribution in [2.75, 3.05) is 11.9 Å². The molecule has 5 nitrogen and oxygen atoms in total. The van der Waals surface area contributed by atoms with Crippen LogP contribution < -0.4 is 14.8 Å². The third kappa shape index (κ3) is 6.20. The summed E-state index contributed by atoms with van der Waals surface area (Å²) >= 11 is 0. The minimum Gasteiger partial charge on any atom is -0.490 e. The number of rotatable bonds is 8. The molecular formula is C27H25FN2O3. The lowest BCUT2D eigenvalue weighted by Gasteiger charge is -2.13. The average Bonchev–Trinajstić information content (AvgIpc) is 2.80. The SMILES string of the molecule is CCOc1cc(/C=C(\C#N)C(=O)Nc2cccc(C)c2C)ccc1OCc1cccc(F)c1. The maximum absolute atomic E-state index is 13.4. The first-order valence-corrected chi connectivity index (χ1v) is 10.5. The molecule has 3 rings (SSSR count). The van der Waals surface area contributed by atoms with Crippen molar-refractivity contribution in [2.45, 2.75) is 27.4 Å². The van der Waals surface area contributed by atoms with Crippen LogP contribution in [0.25, 0.3) is 6.08 Å². The Hall–Kier alpha value is -4.11. The van der Waals surface area contributed by atoms with Gasteiger partial charge < -0.3 is 14.8 Å². The lowest BCUT2D eigenvalue weighted by molar-refractivity contribution is -0.112. The van der Waals surface area contributed by atoms with Crippen LogP contribution in [0, 0.1) is 31.0 Å². The Labute approximate surface area is 193 Å². The van der Waals surface area contributed by atoms with Gasteiger partial charge >= 0.3 is 0 Å². The van der Waals surface area contributed by atoms with Gasteiger partial charge in [-0.05, 0) is 79.4 Å². The van der Waals surface area contributed by atoms with Gasteiger partial charge in [0.15, 0.2) is 11.5 Å². The van der Waals surface area contributed by atoms with Crippen molar-refractivity contribution < 1.29 is 18.7 Å². The zero-order chi connectivity index (χ0) is 23.8. The lowest BCUT2D eigenvalue weighted by Crippen LogP contribution is -2.14. The van der Waals surface area contributed by atoms with Crippen LogP contribution in [0.5, 0.6) is 11.5 Å². The number of carbonyl (C=O) groups is 1. The second-order valence-electron chi connectivity index (χ2n) is 7.43. The summed E-state index contributed by atoms with van der Waals surface area (Å²) in [5, 5.41) is 12.4. The third-order valence-electron chi connectivity index (χ3n) is 5.08. The molecule has 6 heteroatoms. The van der Waals surface area contributed by atoms with Gasteiger partial charge in [0.05, 0.1) is 6.61 Å². The summed E-state index contributed by atoms with van der Waals surface area (Å²) in [5.41, 5.74) is 3.93. The van der Waals surface area contributed by atoms with Crippen LogP contribution in [-0.2, 0) is 11.4 Å². The highest BCUT2D eigenvalue weighted by Gasteiger charge is 2.13. The Morgan fingerprint density at radius 1 is 1.06 bits per heavy atom. The largest absolute Gasteiger partial charge is 0.490 e. The smallest absolute Gasteiger partial charge is 0.266 e. The molecule has 33 heavy (non-hydrogen) atoms. The minimum atomic E-state index is -0.490. The molecule has 0 fully saturated rings. The first-order chi connectivity index (χ1) is 15.9. The summed E-state index contributed by atoms with van der Waals surface area (Å²) in [4.78, 5) is 12.7. The molecule has 1 amide bonds. The van der Waals surface area contributed by atoms with Gasteiger partial charge in [0.2, 0.25) is 0 Å². The molecule has 0 aliphatic carbocycles. The lowest BCUT2D eigenvalue weighted by atomic mass is 10.1. The number of hydrogen-bond acceptors (Lipinski definition) is 4. The second-order valence-corrected chi connectivity index (χ2v) is 7.43. The first-order valence-electron chi connectivity index (χ1n) is 10.5. The fourth-order valence-corrected chi connectivity index (χ4v) is 3.18. The number of amides is 1. The van der Waals surface area contributed by atoms with E-state index in [2.05, 4.69) is 5.32 Å². The van der Waals surface area contributed by atoms with E-state index in [-0.39, 0.29) is 18.0 Å². The molecule has 0 radical (unpaired) electrons. The molecule has 0 bridgehead atoms. The molecule has 0 unspecified atom stereocenters. The van der Waals surface area contributed by atoms with E-state index in [1.54, 1.807) is 36.4 Å². The molecule has 0 heterocycles. The molecule has 3 aromatic carbocycles. The minimum absolute atomic E-state index is 0.0354. The molecule has 168 valence electrons. The molecule has 3 aromatic rings. The number of carbonyl (C=O) groups excluding carboxylic acids is 1. The standard InChI is InChI=1S/C27H25FN2O3/c1-4-32-26-15-20(11-12-25(26)33-17-21-8-6-9-23(28)14-21)13-22(16-29)27(31)30-24-10-5-7-18(2)19(24)3/h5-15H,4,17H2,1-3H3,(H,30,31)/b22-13+. The number of aryl methyl sites for hydroxylation is 1. The average molecular weight is 445 g/mol. The maximum Gasteiger partial charge on any atom is 0.266 e. The molecule has 0 aliphatic heterocycles. The van der Waals surface area contributed by atoms with Gasteiger partial charge in [-0.25, -0.2) is 4.39 Å². The van der Waals surface area contributed by atoms with Gasteiger partial charge in [-0.1, -0.05) is 30.3 Å². The van der Waals surface area contributed by atoms with Crippen molar-refractivity contribution in [2.24, 2.45) is 0 Å². The van der Waals surface area contributed by atoms with Crippen molar-refractivity contribution in [1.29, 1.82) is 5.26 Å². The van der Waals surface area contributed by atoms with Crippen molar-refractivity contribution in [3.63, 3.8) is 0 Å². The number of anilines is 1. The van der Waals surface area contributed by atoms with E-state index in [0.717, 1.165) is 11.1 Å². The van der Waals surface area contributed by atoms with Crippen LogP contribution in [0.3, 0.4) is 0 Å². The van der Waals surface area contributed by atoms with Gasteiger partial charge in [0.25, 0.3) is 5.91 Å². The van der Waals surface area contributed by atoms with E-state index in [1.165, 1.54) is 18.2 Å². The molecule has 0 aromatic heterocycles. The van der Waals surface area contributed by atoms with Crippen molar-refractivity contribution in [1.82, 2.24) is 0 Å². The summed E-state index contributed by atoms with van der Waals surface area (Å²) in [6, 6.07) is 18.9. The fraction of sp³-hybridized carbons (Fsp3) is 0.185. The van der Waals surface area contributed by atoms with E-state index in [1.807, 2.05) is 39.0 Å². The first kappa shape index (κ1) is 23.6. The number of nitrogens with one attached hydrogen (secondary N) is 1. The van der Waals surface area contributed by atoms with Gasteiger partial charge in [0.1, 0.15) is 24.1 Å². The number of nitriles is 1. The van der Waals surface area contributed by atoms with Crippen LogP contribution in [0.1, 0.15) is 29.2 Å². The van der Waals surface area contributed by atoms with Crippen molar-refractivity contribution in [3.05, 3.63) is 94.3 Å². The van der Waals surface area contributed by atoms with Gasteiger partial charge in [0, 0.05) is 5.69 Å². The monoisotopic (exact) mass is 444 g/mol.